The molecule has 0 aliphatic rings. The maximum Gasteiger partial charge on any atom is 2.00 e. The first-order valence-electron chi connectivity index (χ1n) is 1.10. The average molecular weight is 207 g/mol. The van der Waals surface area contributed by atoms with Crippen molar-refractivity contribution in [2.45, 2.75) is 0 Å². The molecule has 0 aliphatic carbocycles. The van der Waals surface area contributed by atoms with Crippen LogP contribution < -0.4 is 9.79 Å². The molecule has 0 radical (unpaired) electrons. The van der Waals surface area contributed by atoms with Crippen molar-refractivity contribution in [2.24, 2.45) is 0 Å². The zero-order chi connectivity index (χ0) is 5.86. The Morgan fingerprint density at radius 3 is 1.38 bits per heavy atom. The number of rotatable bonds is 2. The Morgan fingerprint density at radius 2 is 1.38 bits per heavy atom. The molecule has 0 bridgehead atoms. The first-order valence-corrected chi connectivity index (χ1v) is 3.29. The van der Waals surface area contributed by atoms with Crippen molar-refractivity contribution in [3.8, 4) is 0 Å². The summed E-state index contributed by atoms with van der Waals surface area (Å²) in [6, 6.07) is 0. The quantitative estimate of drug-likeness (QED) is 0.429. The van der Waals surface area contributed by atoms with Gasteiger partial charge in [0, 0.05) is 0 Å². The van der Waals surface area contributed by atoms with E-state index in [-0.39, 0.29) is 19.5 Å². The van der Waals surface area contributed by atoms with Gasteiger partial charge in [0.05, 0.1) is 0 Å². The molecule has 0 spiro atoms. The van der Waals surface area contributed by atoms with Gasteiger partial charge in [-0.1, -0.05) is 0 Å². The van der Waals surface area contributed by atoms with Gasteiger partial charge in [0.1, 0.15) is 4.31 Å². The first kappa shape index (κ1) is 11.5. The molecule has 0 rings (SSSR count). The Labute approximate surface area is 59.7 Å². The molecule has 0 saturated heterocycles. The molecule has 2 unspecified atom stereocenters. The first-order chi connectivity index (χ1) is 3.13. The van der Waals surface area contributed by atoms with Crippen molar-refractivity contribution in [2.75, 3.05) is 0 Å². The van der Waals surface area contributed by atoms with Crippen LogP contribution in [0, 0.1) is 0 Å². The minimum atomic E-state index is -3.24. The van der Waals surface area contributed by atoms with Gasteiger partial charge in [-0.15, -0.1) is 0 Å². The van der Waals surface area contributed by atoms with Crippen molar-refractivity contribution >= 4 is 16.5 Å². The number of hydrogen-bond acceptors (Lipinski definition) is 5. The third kappa shape index (κ3) is 9.86. The average Bonchev–Trinajstić information content (AvgIpc) is 1.27. The fourth-order valence-corrected chi connectivity index (χ4v) is 0.490. The fraction of sp³-hybridized carbons (Fsp3) is 0. The van der Waals surface area contributed by atoms with Gasteiger partial charge in [0.25, 0.3) is 0 Å². The van der Waals surface area contributed by atoms with Gasteiger partial charge in [-0.05, 0) is 9.13 Å². The molecule has 0 aliphatic heterocycles. The fourth-order valence-electron chi connectivity index (χ4n) is 0.0544. The summed E-state index contributed by atoms with van der Waals surface area (Å²) in [5, 5.41) is 0. The Kier molecular flexibility index (Phi) is 8.38. The second-order valence-corrected chi connectivity index (χ2v) is 2.08. The van der Waals surface area contributed by atoms with Gasteiger partial charge in [-0.2, -0.15) is 0 Å². The van der Waals surface area contributed by atoms with E-state index >= 15 is 0 Å². The van der Waals surface area contributed by atoms with Gasteiger partial charge in [-0.3, -0.25) is 0 Å². The summed E-state index contributed by atoms with van der Waals surface area (Å²) >= 11 is 0. The predicted molar refractivity (Wildman–Crippen MR) is 16.3 cm³/mol. The Morgan fingerprint density at radius 1 is 1.12 bits per heavy atom. The molecule has 5 nitrogen and oxygen atoms in total. The zero-order valence-corrected chi connectivity index (χ0v) is 8.40. The molecule has 40 valence electrons. The van der Waals surface area contributed by atoms with Crippen LogP contribution in [0.5, 0.6) is 0 Å². The van der Waals surface area contributed by atoms with E-state index in [0.717, 1.165) is 0 Å². The predicted octanol–water partition coefficient (Wildman–Crippen LogP) is -0.964. The van der Waals surface area contributed by atoms with E-state index in [4.69, 9.17) is 0 Å². The zero-order valence-electron chi connectivity index (χ0n) is 3.64. The molecule has 0 fully saturated rings. The topological polar surface area (TPSA) is 89.5 Å². The normalized spacial score (nSPS) is 11.8. The second-order valence-electron chi connectivity index (χ2n) is 0.529. The molecule has 0 N–H and O–H groups in total. The summed E-state index contributed by atoms with van der Waals surface area (Å²) in [5.74, 6) is 0. The monoisotopic (exact) mass is 206 g/mol. The van der Waals surface area contributed by atoms with E-state index in [9.17, 15) is 18.9 Å². The van der Waals surface area contributed by atoms with E-state index in [1.54, 1.807) is 0 Å². The van der Waals surface area contributed by atoms with Crippen LogP contribution in [0.4, 0.5) is 0 Å². The van der Waals surface area contributed by atoms with Crippen LogP contribution in [0.1, 0.15) is 0 Å². The van der Waals surface area contributed by atoms with E-state index < -0.39 is 16.5 Å². The van der Waals surface area contributed by atoms with E-state index in [1.165, 1.54) is 0 Å². The van der Waals surface area contributed by atoms with Crippen molar-refractivity contribution in [3.63, 3.8) is 0 Å². The second kappa shape index (κ2) is 5.83. The van der Waals surface area contributed by atoms with Crippen LogP contribution in [0.15, 0.2) is 0 Å². The molecule has 0 aromatic rings. The van der Waals surface area contributed by atoms with Crippen molar-refractivity contribution < 1.29 is 42.7 Å². The minimum Gasteiger partial charge on any atom is -0.563 e. The summed E-state index contributed by atoms with van der Waals surface area (Å²) in [7, 11) is -6.47. The summed E-state index contributed by atoms with van der Waals surface area (Å²) < 4.78 is 21.6. The standard InChI is InChI=1S/O5P2.Zn/c1-6(2)5-7(3)4;/q;+2. The third-order valence-electron chi connectivity index (χ3n) is 0.133. The van der Waals surface area contributed by atoms with Crippen LogP contribution in [-0.4, -0.2) is 0 Å². The molecule has 8 heavy (non-hydrogen) atoms. The molecule has 2 atom stereocenters. The third-order valence-corrected chi connectivity index (χ3v) is 1.20. The van der Waals surface area contributed by atoms with Gasteiger partial charge >= 0.3 is 36.0 Å². The summed E-state index contributed by atoms with van der Waals surface area (Å²) in [6.07, 6.45) is 0. The van der Waals surface area contributed by atoms with Crippen LogP contribution >= 0.6 is 16.5 Å². The SMILES string of the molecule is O=[P+]([O-])O[P+](=O)[O-].[Zn+2]. The van der Waals surface area contributed by atoms with Crippen molar-refractivity contribution in [3.05, 3.63) is 0 Å². The van der Waals surface area contributed by atoms with Gasteiger partial charge < -0.3 is 9.79 Å². The molecule has 0 aromatic heterocycles. The van der Waals surface area contributed by atoms with E-state index in [1.807, 2.05) is 0 Å². The molecular weight excluding hydrogens is 207 g/mol. The Balaban J connectivity index is 0. The Hall–Kier alpha value is 0.703. The van der Waals surface area contributed by atoms with Crippen molar-refractivity contribution in [1.29, 1.82) is 0 Å². The minimum absolute atomic E-state index is 0. The van der Waals surface area contributed by atoms with Crippen LogP contribution in [0.3, 0.4) is 0 Å². The van der Waals surface area contributed by atoms with Crippen LogP contribution in [0.2, 0.25) is 0 Å². The van der Waals surface area contributed by atoms with Gasteiger partial charge in [0.15, 0.2) is 0 Å². The van der Waals surface area contributed by atoms with Gasteiger partial charge in [-0.25, -0.2) is 0 Å². The maximum atomic E-state index is 9.24. The molecular formula is O5P2Zn+2. The molecule has 8 heteroatoms. The summed E-state index contributed by atoms with van der Waals surface area (Å²) in [4.78, 5) is 18.5. The van der Waals surface area contributed by atoms with E-state index in [2.05, 4.69) is 4.31 Å². The van der Waals surface area contributed by atoms with E-state index in [0.29, 0.717) is 0 Å². The molecule has 0 heterocycles. The van der Waals surface area contributed by atoms with Crippen LogP contribution in [-0.2, 0) is 32.9 Å². The van der Waals surface area contributed by atoms with Crippen molar-refractivity contribution in [1.82, 2.24) is 0 Å². The Bertz CT molecular complexity index is 86.6. The molecule has 0 saturated carbocycles. The molecule has 0 aromatic carbocycles. The number of hydrogen-bond donors (Lipinski definition) is 0. The summed E-state index contributed by atoms with van der Waals surface area (Å²) in [5.41, 5.74) is 0. The smallest absolute Gasteiger partial charge is 0.563 e. The summed E-state index contributed by atoms with van der Waals surface area (Å²) in [6.45, 7) is 0. The molecule has 0 amide bonds. The maximum absolute atomic E-state index is 9.24. The van der Waals surface area contributed by atoms with Gasteiger partial charge in [0.2, 0.25) is 0 Å². The van der Waals surface area contributed by atoms with Crippen LogP contribution in [0.25, 0.3) is 0 Å². The largest absolute Gasteiger partial charge is 2.00 e.